The Kier molecular flexibility index (Phi) is 6.36. The third-order valence-corrected chi connectivity index (χ3v) is 4.12. The van der Waals surface area contributed by atoms with Gasteiger partial charge in [0.1, 0.15) is 0 Å². The van der Waals surface area contributed by atoms with E-state index in [0.717, 1.165) is 11.1 Å². The minimum Gasteiger partial charge on any atom is -0.326 e. The lowest BCUT2D eigenvalue weighted by Crippen LogP contribution is -2.15. The maximum Gasteiger partial charge on any atom is 0.228 e. The largest absolute Gasteiger partial charge is 0.326 e. The van der Waals surface area contributed by atoms with Gasteiger partial charge in [0.15, 0.2) is 0 Å². The van der Waals surface area contributed by atoms with Crippen molar-refractivity contribution in [3.05, 3.63) is 96.1 Å². The molecule has 3 rings (SSSR count). The summed E-state index contributed by atoms with van der Waals surface area (Å²) in [5, 5.41) is 5.76. The number of hydrogen-bond acceptors (Lipinski definition) is 2. The zero-order chi connectivity index (χ0) is 18.9. The van der Waals surface area contributed by atoms with Crippen LogP contribution in [0, 0.1) is 0 Å². The predicted molar refractivity (Wildman–Crippen MR) is 109 cm³/mol. The van der Waals surface area contributed by atoms with Crippen molar-refractivity contribution < 1.29 is 9.59 Å². The van der Waals surface area contributed by atoms with Crippen molar-refractivity contribution in [2.75, 3.05) is 10.6 Å². The van der Waals surface area contributed by atoms with E-state index in [1.807, 2.05) is 78.9 Å². The van der Waals surface area contributed by atoms with Crippen molar-refractivity contribution in [2.45, 2.75) is 19.3 Å². The molecular weight excluding hydrogens is 336 g/mol. The number of amides is 2. The Morgan fingerprint density at radius 2 is 1.19 bits per heavy atom. The van der Waals surface area contributed by atoms with Crippen LogP contribution >= 0.6 is 0 Å². The Balaban J connectivity index is 1.52. The second-order valence-electron chi connectivity index (χ2n) is 6.33. The number of hydrogen-bond donors (Lipinski definition) is 2. The fourth-order valence-corrected chi connectivity index (χ4v) is 2.79. The number of carbonyl (C=O) groups is 2. The van der Waals surface area contributed by atoms with Crippen LogP contribution in [0.2, 0.25) is 0 Å². The molecule has 3 aromatic rings. The van der Waals surface area contributed by atoms with E-state index in [1.165, 1.54) is 0 Å². The van der Waals surface area contributed by atoms with Gasteiger partial charge in [-0.15, -0.1) is 0 Å². The van der Waals surface area contributed by atoms with Crippen LogP contribution in [-0.4, -0.2) is 11.8 Å². The topological polar surface area (TPSA) is 58.2 Å². The van der Waals surface area contributed by atoms with Crippen molar-refractivity contribution >= 4 is 23.2 Å². The molecule has 0 fully saturated rings. The Labute approximate surface area is 159 Å². The van der Waals surface area contributed by atoms with E-state index in [0.29, 0.717) is 30.6 Å². The minimum absolute atomic E-state index is 0.0494. The average Bonchev–Trinajstić information content (AvgIpc) is 2.68. The molecular formula is C23H22N2O2. The minimum atomic E-state index is -0.0891. The second kappa shape index (κ2) is 9.34. The Morgan fingerprint density at radius 1 is 0.630 bits per heavy atom. The normalized spacial score (nSPS) is 10.2. The zero-order valence-electron chi connectivity index (χ0n) is 15.0. The summed E-state index contributed by atoms with van der Waals surface area (Å²) >= 11 is 0. The number of anilines is 2. The molecule has 0 saturated heterocycles. The van der Waals surface area contributed by atoms with Gasteiger partial charge in [-0.05, 0) is 35.7 Å². The van der Waals surface area contributed by atoms with Gasteiger partial charge in [0, 0.05) is 17.8 Å². The molecule has 0 atom stereocenters. The van der Waals surface area contributed by atoms with Gasteiger partial charge in [0.05, 0.1) is 6.42 Å². The van der Waals surface area contributed by atoms with Gasteiger partial charge < -0.3 is 10.6 Å². The lowest BCUT2D eigenvalue weighted by molar-refractivity contribution is -0.116. The van der Waals surface area contributed by atoms with Crippen molar-refractivity contribution in [2.24, 2.45) is 0 Å². The van der Waals surface area contributed by atoms with Crippen molar-refractivity contribution in [3.8, 4) is 0 Å². The van der Waals surface area contributed by atoms with Gasteiger partial charge in [-0.3, -0.25) is 9.59 Å². The standard InChI is InChI=1S/C23H22N2O2/c26-22(15-14-18-8-3-1-4-9-18)24-20-12-7-13-21(17-20)25-23(27)16-19-10-5-2-6-11-19/h1-13,17H,14-16H2,(H,24,26)(H,25,27). The van der Waals surface area contributed by atoms with Gasteiger partial charge >= 0.3 is 0 Å². The van der Waals surface area contributed by atoms with Crippen LogP contribution in [0.5, 0.6) is 0 Å². The van der Waals surface area contributed by atoms with E-state index in [4.69, 9.17) is 0 Å². The summed E-state index contributed by atoms with van der Waals surface area (Å²) in [5.41, 5.74) is 3.43. The van der Waals surface area contributed by atoms with Gasteiger partial charge in [-0.1, -0.05) is 66.7 Å². The third-order valence-electron chi connectivity index (χ3n) is 4.12. The van der Waals surface area contributed by atoms with Crippen LogP contribution in [-0.2, 0) is 22.4 Å². The van der Waals surface area contributed by atoms with E-state index in [1.54, 1.807) is 6.07 Å². The molecule has 0 heterocycles. The van der Waals surface area contributed by atoms with E-state index in [-0.39, 0.29) is 11.8 Å². The number of nitrogens with one attached hydrogen (secondary N) is 2. The van der Waals surface area contributed by atoms with Crippen LogP contribution in [0.1, 0.15) is 17.5 Å². The molecule has 4 heteroatoms. The van der Waals surface area contributed by atoms with Gasteiger partial charge in [-0.2, -0.15) is 0 Å². The summed E-state index contributed by atoms with van der Waals surface area (Å²) in [5.74, 6) is -0.139. The second-order valence-corrected chi connectivity index (χ2v) is 6.33. The lowest BCUT2D eigenvalue weighted by atomic mass is 10.1. The highest BCUT2D eigenvalue weighted by Crippen LogP contribution is 2.16. The number of benzene rings is 3. The maximum absolute atomic E-state index is 12.2. The van der Waals surface area contributed by atoms with Crippen molar-refractivity contribution in [1.29, 1.82) is 0 Å². The van der Waals surface area contributed by atoms with E-state index >= 15 is 0 Å². The molecule has 27 heavy (non-hydrogen) atoms. The molecule has 136 valence electrons. The van der Waals surface area contributed by atoms with Crippen molar-refractivity contribution in [1.82, 2.24) is 0 Å². The van der Waals surface area contributed by atoms with Gasteiger partial charge in [-0.25, -0.2) is 0 Å². The van der Waals surface area contributed by atoms with E-state index < -0.39 is 0 Å². The van der Waals surface area contributed by atoms with Crippen LogP contribution in [0.4, 0.5) is 11.4 Å². The SMILES string of the molecule is O=C(CCc1ccccc1)Nc1cccc(NC(=O)Cc2ccccc2)c1. The molecule has 0 unspecified atom stereocenters. The molecule has 2 amide bonds. The molecule has 3 aromatic carbocycles. The molecule has 0 aliphatic rings. The molecule has 0 saturated carbocycles. The molecule has 0 radical (unpaired) electrons. The lowest BCUT2D eigenvalue weighted by Gasteiger charge is -2.09. The highest BCUT2D eigenvalue weighted by molar-refractivity contribution is 5.94. The van der Waals surface area contributed by atoms with Crippen LogP contribution < -0.4 is 10.6 Å². The first-order valence-electron chi connectivity index (χ1n) is 8.97. The monoisotopic (exact) mass is 358 g/mol. The highest BCUT2D eigenvalue weighted by atomic mass is 16.2. The number of carbonyl (C=O) groups excluding carboxylic acids is 2. The fourth-order valence-electron chi connectivity index (χ4n) is 2.79. The summed E-state index contributed by atoms with van der Waals surface area (Å²) in [6.45, 7) is 0. The molecule has 0 bridgehead atoms. The first kappa shape index (κ1) is 18.4. The first-order valence-corrected chi connectivity index (χ1v) is 8.97. The third kappa shape index (κ3) is 6.12. The van der Waals surface area contributed by atoms with Crippen LogP contribution in [0.25, 0.3) is 0 Å². The summed E-state index contributed by atoms with van der Waals surface area (Å²) < 4.78 is 0. The maximum atomic E-state index is 12.2. The summed E-state index contributed by atoms with van der Waals surface area (Å²) in [4.78, 5) is 24.3. The summed E-state index contributed by atoms with van der Waals surface area (Å²) in [6, 6.07) is 26.7. The average molecular weight is 358 g/mol. The fraction of sp³-hybridized carbons (Fsp3) is 0.130. The summed E-state index contributed by atoms with van der Waals surface area (Å²) in [6.07, 6.45) is 1.42. The molecule has 0 aliphatic carbocycles. The smallest absolute Gasteiger partial charge is 0.228 e. The Morgan fingerprint density at radius 3 is 1.81 bits per heavy atom. The molecule has 2 N–H and O–H groups in total. The van der Waals surface area contributed by atoms with Crippen molar-refractivity contribution in [3.63, 3.8) is 0 Å². The number of aryl methyl sites for hydroxylation is 1. The van der Waals surface area contributed by atoms with E-state index in [2.05, 4.69) is 10.6 Å². The quantitative estimate of drug-likeness (QED) is 0.656. The molecule has 4 nitrogen and oxygen atoms in total. The van der Waals surface area contributed by atoms with Gasteiger partial charge in [0.2, 0.25) is 11.8 Å². The summed E-state index contributed by atoms with van der Waals surface area (Å²) in [7, 11) is 0. The highest BCUT2D eigenvalue weighted by Gasteiger charge is 2.06. The predicted octanol–water partition coefficient (Wildman–Crippen LogP) is 4.44. The number of rotatable bonds is 7. The Hall–Kier alpha value is -3.40. The molecule has 0 spiro atoms. The van der Waals surface area contributed by atoms with E-state index in [9.17, 15) is 9.59 Å². The van der Waals surface area contributed by atoms with Gasteiger partial charge in [0.25, 0.3) is 0 Å². The molecule has 0 aromatic heterocycles. The molecule has 0 aliphatic heterocycles. The Bertz CT molecular complexity index is 893. The van der Waals surface area contributed by atoms with Crippen LogP contribution in [0.15, 0.2) is 84.9 Å². The first-order chi connectivity index (χ1) is 13.2. The zero-order valence-corrected chi connectivity index (χ0v) is 15.0. The van der Waals surface area contributed by atoms with Crippen LogP contribution in [0.3, 0.4) is 0 Å².